The van der Waals surface area contributed by atoms with E-state index in [1.807, 2.05) is 6.07 Å². The van der Waals surface area contributed by atoms with Crippen LogP contribution in [0.5, 0.6) is 5.75 Å². The van der Waals surface area contributed by atoms with Crippen molar-refractivity contribution in [2.75, 3.05) is 6.61 Å². The minimum absolute atomic E-state index is 0.632. The van der Waals surface area contributed by atoms with Crippen LogP contribution < -0.4 is 4.74 Å². The van der Waals surface area contributed by atoms with E-state index in [-0.39, 0.29) is 0 Å². The van der Waals surface area contributed by atoms with Gasteiger partial charge in [0, 0.05) is 4.47 Å². The number of halogens is 1. The Morgan fingerprint density at radius 2 is 2.19 bits per heavy atom. The first-order valence-corrected chi connectivity index (χ1v) is 6.41. The van der Waals surface area contributed by atoms with Gasteiger partial charge in [0.25, 0.3) is 0 Å². The average Bonchev–Trinajstić information content (AvgIpc) is 2.21. The molecule has 0 N–H and O–H groups in total. The van der Waals surface area contributed by atoms with Crippen LogP contribution in [0.4, 0.5) is 0 Å². The zero-order chi connectivity index (χ0) is 11.4. The lowest BCUT2D eigenvalue weighted by Gasteiger charge is -2.24. The molecule has 3 heteroatoms. The fraction of sp³-hybridized carbons (Fsp3) is 0.462. The van der Waals surface area contributed by atoms with Gasteiger partial charge in [-0.3, -0.25) is 0 Å². The summed E-state index contributed by atoms with van der Waals surface area (Å²) in [6.07, 6.45) is 5.21. The van der Waals surface area contributed by atoms with Crippen LogP contribution in [-0.4, -0.2) is 6.61 Å². The molecular weight excluding hydrogens is 266 g/mol. The van der Waals surface area contributed by atoms with E-state index in [1.165, 1.54) is 19.3 Å². The van der Waals surface area contributed by atoms with E-state index in [0.717, 1.165) is 29.2 Å². The van der Waals surface area contributed by atoms with Gasteiger partial charge in [-0.05, 0) is 30.5 Å². The van der Waals surface area contributed by atoms with Crippen molar-refractivity contribution in [2.45, 2.75) is 25.7 Å². The molecule has 1 aromatic carbocycles. The number of nitrogens with zero attached hydrogens (tertiary/aromatic N) is 1. The molecule has 1 aliphatic carbocycles. The van der Waals surface area contributed by atoms with Crippen LogP contribution in [0.15, 0.2) is 22.7 Å². The molecule has 0 amide bonds. The van der Waals surface area contributed by atoms with Crippen LogP contribution in [0.3, 0.4) is 0 Å². The number of hydrogen-bond acceptors (Lipinski definition) is 2. The standard InChI is InChI=1S/C13H14BrNO/c14-12-6-11(9-15)7-13(8-12)16-5-4-10-2-1-3-10/h6-8,10H,1-5H2. The average molecular weight is 280 g/mol. The fourth-order valence-corrected chi connectivity index (χ4v) is 2.31. The van der Waals surface area contributed by atoms with Crippen molar-refractivity contribution in [3.63, 3.8) is 0 Å². The van der Waals surface area contributed by atoms with Crippen molar-refractivity contribution in [2.24, 2.45) is 5.92 Å². The first kappa shape index (κ1) is 11.5. The van der Waals surface area contributed by atoms with Gasteiger partial charge in [-0.1, -0.05) is 35.2 Å². The number of hydrogen-bond donors (Lipinski definition) is 0. The second kappa shape index (κ2) is 5.36. The molecule has 0 radical (unpaired) electrons. The second-order valence-electron chi connectivity index (χ2n) is 4.22. The van der Waals surface area contributed by atoms with E-state index in [2.05, 4.69) is 22.0 Å². The largest absolute Gasteiger partial charge is 0.494 e. The molecule has 0 spiro atoms. The third-order valence-corrected chi connectivity index (χ3v) is 3.48. The molecule has 2 rings (SSSR count). The zero-order valence-corrected chi connectivity index (χ0v) is 10.7. The van der Waals surface area contributed by atoms with E-state index in [4.69, 9.17) is 10.00 Å². The van der Waals surface area contributed by atoms with E-state index in [0.29, 0.717) is 5.56 Å². The van der Waals surface area contributed by atoms with Gasteiger partial charge in [0.15, 0.2) is 0 Å². The van der Waals surface area contributed by atoms with Crippen LogP contribution >= 0.6 is 15.9 Å². The fourth-order valence-electron chi connectivity index (χ4n) is 1.84. The molecule has 2 nitrogen and oxygen atoms in total. The quantitative estimate of drug-likeness (QED) is 0.838. The maximum atomic E-state index is 8.82. The first-order chi connectivity index (χ1) is 7.78. The highest BCUT2D eigenvalue weighted by molar-refractivity contribution is 9.10. The van der Waals surface area contributed by atoms with E-state index < -0.39 is 0 Å². The predicted molar refractivity (Wildman–Crippen MR) is 66.3 cm³/mol. The SMILES string of the molecule is N#Cc1cc(Br)cc(OCCC2CCC2)c1. The highest BCUT2D eigenvalue weighted by atomic mass is 79.9. The summed E-state index contributed by atoms with van der Waals surface area (Å²) in [7, 11) is 0. The lowest BCUT2D eigenvalue weighted by atomic mass is 9.83. The number of benzene rings is 1. The smallest absolute Gasteiger partial charge is 0.121 e. The first-order valence-electron chi connectivity index (χ1n) is 5.61. The molecule has 0 aliphatic heterocycles. The molecule has 0 unspecified atom stereocenters. The summed E-state index contributed by atoms with van der Waals surface area (Å²) < 4.78 is 6.55. The Kier molecular flexibility index (Phi) is 3.84. The van der Waals surface area contributed by atoms with Crippen molar-refractivity contribution >= 4 is 15.9 Å². The summed E-state index contributed by atoms with van der Waals surface area (Å²) >= 11 is 3.37. The summed E-state index contributed by atoms with van der Waals surface area (Å²) in [5.41, 5.74) is 0.632. The van der Waals surface area contributed by atoms with E-state index in [1.54, 1.807) is 12.1 Å². The topological polar surface area (TPSA) is 33.0 Å². The van der Waals surface area contributed by atoms with Crippen LogP contribution in [-0.2, 0) is 0 Å². The van der Waals surface area contributed by atoms with Gasteiger partial charge in [-0.25, -0.2) is 0 Å². The molecule has 1 aromatic rings. The molecule has 0 saturated heterocycles. The van der Waals surface area contributed by atoms with Gasteiger partial charge in [-0.2, -0.15) is 5.26 Å². The highest BCUT2D eigenvalue weighted by Crippen LogP contribution is 2.29. The van der Waals surface area contributed by atoms with Gasteiger partial charge < -0.3 is 4.74 Å². The molecule has 84 valence electrons. The highest BCUT2D eigenvalue weighted by Gasteiger charge is 2.16. The molecule has 1 aliphatic rings. The lowest BCUT2D eigenvalue weighted by molar-refractivity contribution is 0.222. The Hall–Kier alpha value is -1.01. The molecule has 1 saturated carbocycles. The molecule has 16 heavy (non-hydrogen) atoms. The molecule has 0 aromatic heterocycles. The third kappa shape index (κ3) is 2.99. The van der Waals surface area contributed by atoms with Crippen molar-refractivity contribution in [1.82, 2.24) is 0 Å². The number of nitriles is 1. The van der Waals surface area contributed by atoms with Crippen molar-refractivity contribution in [3.8, 4) is 11.8 Å². The van der Waals surface area contributed by atoms with Gasteiger partial charge in [0.05, 0.1) is 18.2 Å². The maximum absolute atomic E-state index is 8.82. The molecule has 1 fully saturated rings. The van der Waals surface area contributed by atoms with E-state index in [9.17, 15) is 0 Å². The summed E-state index contributed by atoms with van der Waals surface area (Å²) in [4.78, 5) is 0. The van der Waals surface area contributed by atoms with Gasteiger partial charge in [0.2, 0.25) is 0 Å². The monoisotopic (exact) mass is 279 g/mol. The maximum Gasteiger partial charge on any atom is 0.121 e. The second-order valence-corrected chi connectivity index (χ2v) is 5.14. The van der Waals surface area contributed by atoms with Crippen LogP contribution in [0.25, 0.3) is 0 Å². The summed E-state index contributed by atoms with van der Waals surface area (Å²) in [6, 6.07) is 7.60. The van der Waals surface area contributed by atoms with Crippen molar-refractivity contribution in [1.29, 1.82) is 5.26 Å². The Morgan fingerprint density at radius 1 is 1.38 bits per heavy atom. The minimum atomic E-state index is 0.632. The molecule has 0 heterocycles. The molecule has 0 atom stereocenters. The van der Waals surface area contributed by atoms with Gasteiger partial charge in [-0.15, -0.1) is 0 Å². The number of ether oxygens (including phenoxy) is 1. The molecule has 0 bridgehead atoms. The Balaban J connectivity index is 1.88. The van der Waals surface area contributed by atoms with Crippen molar-refractivity contribution in [3.05, 3.63) is 28.2 Å². The van der Waals surface area contributed by atoms with E-state index >= 15 is 0 Å². The summed E-state index contributed by atoms with van der Waals surface area (Å²) in [5.74, 6) is 1.65. The Labute approximate surface area is 104 Å². The number of rotatable bonds is 4. The van der Waals surface area contributed by atoms with Gasteiger partial charge in [0.1, 0.15) is 5.75 Å². The Morgan fingerprint density at radius 3 is 2.81 bits per heavy atom. The molecular formula is C13H14BrNO. The van der Waals surface area contributed by atoms with Crippen LogP contribution in [0.2, 0.25) is 0 Å². The summed E-state index contributed by atoms with van der Waals surface area (Å²) in [6.45, 7) is 0.756. The normalized spacial score (nSPS) is 15.2. The van der Waals surface area contributed by atoms with Gasteiger partial charge >= 0.3 is 0 Å². The summed E-state index contributed by atoms with van der Waals surface area (Å²) in [5, 5.41) is 8.82. The lowest BCUT2D eigenvalue weighted by Crippen LogP contribution is -2.14. The van der Waals surface area contributed by atoms with Crippen LogP contribution in [0.1, 0.15) is 31.2 Å². The zero-order valence-electron chi connectivity index (χ0n) is 9.08. The van der Waals surface area contributed by atoms with Crippen molar-refractivity contribution < 1.29 is 4.74 Å². The third-order valence-electron chi connectivity index (χ3n) is 3.02. The Bertz CT molecular complexity index is 407. The van der Waals surface area contributed by atoms with Crippen LogP contribution in [0, 0.1) is 17.2 Å². The minimum Gasteiger partial charge on any atom is -0.494 e. The predicted octanol–water partition coefficient (Wildman–Crippen LogP) is 3.89.